The number of thioether (sulfide) groups is 1. The maximum absolute atomic E-state index is 14.4. The average Bonchev–Trinajstić information content (AvgIpc) is 3.50. The Bertz CT molecular complexity index is 1180. The van der Waals surface area contributed by atoms with Crippen LogP contribution in [0.4, 0.5) is 0 Å². The van der Waals surface area contributed by atoms with Gasteiger partial charge in [-0.25, -0.2) is 0 Å². The molecule has 8 heteroatoms. The van der Waals surface area contributed by atoms with Gasteiger partial charge in [0.15, 0.2) is 0 Å². The van der Waals surface area contributed by atoms with Gasteiger partial charge >= 0.3 is 0 Å². The van der Waals surface area contributed by atoms with Crippen molar-refractivity contribution in [2.75, 3.05) is 13.2 Å². The van der Waals surface area contributed by atoms with Crippen molar-refractivity contribution < 1.29 is 19.5 Å². The largest absolute Gasteiger partial charge is 0.394 e. The zero-order chi connectivity index (χ0) is 26.9. The molecule has 7 nitrogen and oxygen atoms in total. The minimum atomic E-state index is -0.757. The van der Waals surface area contributed by atoms with Crippen molar-refractivity contribution in [2.24, 2.45) is 11.8 Å². The Hall–Kier alpha value is -2.84. The van der Waals surface area contributed by atoms with Gasteiger partial charge in [0.05, 0.1) is 29.2 Å². The summed E-state index contributed by atoms with van der Waals surface area (Å²) in [7, 11) is 0. The second-order valence-corrected chi connectivity index (χ2v) is 12.8. The Morgan fingerprint density at radius 3 is 2.39 bits per heavy atom. The molecule has 3 aliphatic rings. The number of nitrogens with zero attached hydrogens (tertiary/aromatic N) is 1. The lowest BCUT2D eigenvalue weighted by molar-refractivity contribution is -0.143. The second kappa shape index (κ2) is 10.7. The highest BCUT2D eigenvalue weighted by molar-refractivity contribution is 8.02. The van der Waals surface area contributed by atoms with Crippen LogP contribution in [-0.2, 0) is 20.9 Å². The molecular weight excluding hydrogens is 498 g/mol. The molecule has 6 atom stereocenters. The fourth-order valence-corrected chi connectivity index (χ4v) is 9.15. The number of aliphatic hydroxyl groups excluding tert-OH is 1. The van der Waals surface area contributed by atoms with E-state index in [-0.39, 0.29) is 24.3 Å². The quantitative estimate of drug-likeness (QED) is 0.405. The van der Waals surface area contributed by atoms with Crippen LogP contribution < -0.4 is 10.6 Å². The average molecular weight is 536 g/mol. The van der Waals surface area contributed by atoms with Crippen molar-refractivity contribution in [1.29, 1.82) is 0 Å². The molecule has 3 amide bonds. The van der Waals surface area contributed by atoms with Crippen molar-refractivity contribution in [2.45, 2.75) is 67.7 Å². The van der Waals surface area contributed by atoms with Gasteiger partial charge in [0.25, 0.3) is 0 Å². The van der Waals surface area contributed by atoms with Gasteiger partial charge in [-0.2, -0.15) is 0 Å². The Balaban J connectivity index is 1.51. The number of hydrogen-bond acceptors (Lipinski definition) is 5. The number of amides is 3. The van der Waals surface area contributed by atoms with Crippen molar-refractivity contribution in [3.8, 4) is 0 Å². The topological polar surface area (TPSA) is 98.7 Å². The summed E-state index contributed by atoms with van der Waals surface area (Å²) in [5.41, 5.74) is 1.77. The molecule has 3 heterocycles. The van der Waals surface area contributed by atoms with E-state index in [4.69, 9.17) is 0 Å². The van der Waals surface area contributed by atoms with Gasteiger partial charge in [-0.15, -0.1) is 11.8 Å². The van der Waals surface area contributed by atoms with Gasteiger partial charge < -0.3 is 20.6 Å². The van der Waals surface area contributed by atoms with Crippen LogP contribution in [0.3, 0.4) is 0 Å². The fraction of sp³-hybridized carbons (Fsp3) is 0.500. The minimum Gasteiger partial charge on any atom is -0.394 e. The molecule has 0 saturated carbocycles. The standard InChI is InChI=1S/C30H37N3O4S/c1-3-4-17-31-27(36)25-30-16-15-29(2,38-30)23(26(35)32-18-20-11-7-5-8-12-20)24(30)28(37)33(25)22(19-34)21-13-9-6-10-14-21/h5-14,22-25,34H,3-4,15-19H2,1-2H3,(H,31,36)(H,32,35)/t22-,23+,24+,25?,29-,30?/m1/s1. The van der Waals surface area contributed by atoms with Crippen molar-refractivity contribution >= 4 is 29.5 Å². The first-order chi connectivity index (χ1) is 18.4. The molecule has 0 aliphatic carbocycles. The molecule has 2 bridgehead atoms. The third kappa shape index (κ3) is 4.41. The van der Waals surface area contributed by atoms with Gasteiger partial charge in [0.2, 0.25) is 17.7 Å². The van der Waals surface area contributed by atoms with Crippen LogP contribution >= 0.6 is 11.8 Å². The summed E-state index contributed by atoms with van der Waals surface area (Å²) in [5.74, 6) is -1.72. The number of benzene rings is 2. The molecule has 3 fully saturated rings. The molecule has 38 heavy (non-hydrogen) atoms. The lowest BCUT2D eigenvalue weighted by Gasteiger charge is -2.37. The molecule has 202 valence electrons. The number of aliphatic hydroxyl groups is 1. The number of rotatable bonds is 10. The van der Waals surface area contributed by atoms with Gasteiger partial charge in [-0.05, 0) is 37.3 Å². The predicted octanol–water partition coefficient (Wildman–Crippen LogP) is 3.43. The van der Waals surface area contributed by atoms with Crippen molar-refractivity contribution in [3.05, 3.63) is 71.8 Å². The summed E-state index contributed by atoms with van der Waals surface area (Å²) < 4.78 is -1.14. The first-order valence-corrected chi connectivity index (χ1v) is 14.5. The van der Waals surface area contributed by atoms with E-state index in [1.165, 1.54) is 0 Å². The lowest BCUT2D eigenvalue weighted by Crippen LogP contribution is -2.54. The molecule has 2 aromatic carbocycles. The maximum atomic E-state index is 14.4. The minimum absolute atomic E-state index is 0.143. The van der Waals surface area contributed by atoms with Crippen LogP contribution in [0, 0.1) is 11.8 Å². The van der Waals surface area contributed by atoms with Crippen molar-refractivity contribution in [1.82, 2.24) is 15.5 Å². The number of nitrogens with one attached hydrogen (secondary N) is 2. The molecule has 2 aromatic rings. The zero-order valence-electron chi connectivity index (χ0n) is 22.1. The molecule has 2 unspecified atom stereocenters. The number of carbonyl (C=O) groups is 3. The van der Waals surface area contributed by atoms with Gasteiger partial charge in [-0.1, -0.05) is 74.0 Å². The number of unbranched alkanes of at least 4 members (excludes halogenated alkanes) is 1. The Labute approximate surface area is 228 Å². The first-order valence-electron chi connectivity index (χ1n) is 13.6. The summed E-state index contributed by atoms with van der Waals surface area (Å²) in [5, 5.41) is 16.7. The van der Waals surface area contributed by atoms with E-state index in [1.54, 1.807) is 16.7 Å². The van der Waals surface area contributed by atoms with Gasteiger partial charge in [0, 0.05) is 17.8 Å². The maximum Gasteiger partial charge on any atom is 0.244 e. The molecule has 0 radical (unpaired) electrons. The Morgan fingerprint density at radius 1 is 1.05 bits per heavy atom. The Morgan fingerprint density at radius 2 is 1.74 bits per heavy atom. The number of hydrogen-bond donors (Lipinski definition) is 3. The van der Waals surface area contributed by atoms with E-state index in [2.05, 4.69) is 24.5 Å². The van der Waals surface area contributed by atoms with E-state index >= 15 is 0 Å². The highest BCUT2D eigenvalue weighted by Crippen LogP contribution is 2.71. The highest BCUT2D eigenvalue weighted by atomic mass is 32.2. The Kier molecular flexibility index (Phi) is 7.56. The van der Waals surface area contributed by atoms with Crippen LogP contribution in [-0.4, -0.2) is 56.4 Å². The summed E-state index contributed by atoms with van der Waals surface area (Å²) in [6.45, 7) is 4.76. The SMILES string of the molecule is CCCCNC(=O)C1N([C@H](CO)c2ccccc2)C(=O)[C@@H]2[C@@H](C(=O)NCc3ccccc3)[C@@]3(C)CCC12S3. The lowest BCUT2D eigenvalue weighted by atomic mass is 9.66. The number of likely N-dealkylation sites (tertiary alicyclic amines) is 1. The molecule has 0 aromatic heterocycles. The first kappa shape index (κ1) is 26.8. The summed E-state index contributed by atoms with van der Waals surface area (Å²) >= 11 is 1.65. The molecule has 3 N–H and O–H groups in total. The van der Waals surface area contributed by atoms with E-state index in [0.717, 1.165) is 30.4 Å². The van der Waals surface area contributed by atoms with E-state index in [9.17, 15) is 19.5 Å². The highest BCUT2D eigenvalue weighted by Gasteiger charge is 2.77. The summed E-state index contributed by atoms with van der Waals surface area (Å²) in [6, 6.07) is 17.7. The molecule has 3 aliphatic heterocycles. The summed E-state index contributed by atoms with van der Waals surface area (Å²) in [6.07, 6.45) is 3.23. The van der Waals surface area contributed by atoms with Crippen LogP contribution in [0.25, 0.3) is 0 Å². The predicted molar refractivity (Wildman–Crippen MR) is 148 cm³/mol. The van der Waals surface area contributed by atoms with Gasteiger partial charge in [-0.3, -0.25) is 14.4 Å². The smallest absolute Gasteiger partial charge is 0.244 e. The number of carbonyl (C=O) groups excluding carboxylic acids is 3. The normalized spacial score (nSPS) is 30.2. The molecule has 1 spiro atoms. The third-order valence-corrected chi connectivity index (χ3v) is 10.6. The number of fused-ring (bicyclic) bond motifs is 1. The van der Waals surface area contributed by atoms with Crippen LogP contribution in [0.15, 0.2) is 60.7 Å². The van der Waals surface area contributed by atoms with Crippen LogP contribution in [0.5, 0.6) is 0 Å². The zero-order valence-corrected chi connectivity index (χ0v) is 22.9. The second-order valence-electron chi connectivity index (χ2n) is 10.9. The summed E-state index contributed by atoms with van der Waals surface area (Å²) in [4.78, 5) is 43.6. The van der Waals surface area contributed by atoms with Crippen molar-refractivity contribution in [3.63, 3.8) is 0 Å². The van der Waals surface area contributed by atoms with E-state index in [0.29, 0.717) is 19.5 Å². The molecule has 3 saturated heterocycles. The third-order valence-electron chi connectivity index (χ3n) is 8.58. The monoisotopic (exact) mass is 535 g/mol. The van der Waals surface area contributed by atoms with E-state index < -0.39 is 33.4 Å². The van der Waals surface area contributed by atoms with E-state index in [1.807, 2.05) is 60.7 Å². The fourth-order valence-electron chi connectivity index (χ4n) is 6.81. The van der Waals surface area contributed by atoms with Crippen LogP contribution in [0.2, 0.25) is 0 Å². The molecular formula is C30H37N3O4S. The van der Waals surface area contributed by atoms with Gasteiger partial charge in [0.1, 0.15) is 6.04 Å². The van der Waals surface area contributed by atoms with Crippen LogP contribution in [0.1, 0.15) is 56.7 Å². The molecule has 5 rings (SSSR count).